The van der Waals surface area contributed by atoms with E-state index in [-0.39, 0.29) is 43.5 Å². The molecule has 14 heteroatoms. The Morgan fingerprint density at radius 3 is 2.65 bits per heavy atom. The van der Waals surface area contributed by atoms with Gasteiger partial charge in [-0.2, -0.15) is 0 Å². The van der Waals surface area contributed by atoms with Crippen molar-refractivity contribution in [3.63, 3.8) is 0 Å². The van der Waals surface area contributed by atoms with Crippen LogP contribution in [0.1, 0.15) is 39.3 Å². The van der Waals surface area contributed by atoms with Crippen LogP contribution >= 0.6 is 7.37 Å². The summed E-state index contributed by atoms with van der Waals surface area (Å²) in [4.78, 5) is 50.2. The third-order valence-electron chi connectivity index (χ3n) is 6.66. The maximum atomic E-state index is 14.0. The van der Waals surface area contributed by atoms with E-state index in [4.69, 9.17) is 4.74 Å². The molecule has 2 unspecified atom stereocenters. The zero-order valence-electron chi connectivity index (χ0n) is 20.2. The number of aromatic hydroxyl groups is 1. The van der Waals surface area contributed by atoms with Crippen molar-refractivity contribution in [3.05, 3.63) is 63.1 Å². The highest BCUT2D eigenvalue weighted by Crippen LogP contribution is 2.38. The van der Waals surface area contributed by atoms with Gasteiger partial charge in [0.2, 0.25) is 5.43 Å². The fraction of sp³-hybridized carbons (Fsp3) is 0.435. The van der Waals surface area contributed by atoms with Crippen LogP contribution in [0.2, 0.25) is 0 Å². The van der Waals surface area contributed by atoms with Crippen LogP contribution in [0.4, 0.5) is 8.78 Å². The fourth-order valence-corrected chi connectivity index (χ4v) is 5.37. The van der Waals surface area contributed by atoms with Crippen LogP contribution in [0.3, 0.4) is 0 Å². The lowest BCUT2D eigenvalue weighted by atomic mass is 10.0. The van der Waals surface area contributed by atoms with Gasteiger partial charge < -0.3 is 25.0 Å². The SMILES string of the molecule is CN1C(=O)c2c(O)c(=O)c(C(=O)NCc3ccc(F)cc3F)cn2N(CCCP(C)(=O)O)C12CCOC2. The Morgan fingerprint density at radius 2 is 2.03 bits per heavy atom. The van der Waals surface area contributed by atoms with Gasteiger partial charge >= 0.3 is 0 Å². The normalized spacial score (nSPS) is 20.7. The Bertz CT molecular complexity index is 1350. The molecule has 2 aliphatic rings. The highest BCUT2D eigenvalue weighted by Gasteiger charge is 2.52. The maximum absolute atomic E-state index is 14.0. The summed E-state index contributed by atoms with van der Waals surface area (Å²) in [6, 6.07) is 2.83. The molecule has 3 N–H and O–H groups in total. The predicted molar refractivity (Wildman–Crippen MR) is 128 cm³/mol. The number of halogens is 2. The molecule has 37 heavy (non-hydrogen) atoms. The number of aromatic nitrogens is 1. The van der Waals surface area contributed by atoms with Gasteiger partial charge in [-0.25, -0.2) is 8.78 Å². The summed E-state index contributed by atoms with van der Waals surface area (Å²) in [6.45, 7) is 1.42. The second kappa shape index (κ2) is 9.88. The Morgan fingerprint density at radius 1 is 1.30 bits per heavy atom. The number of hydrogen-bond acceptors (Lipinski definition) is 7. The Labute approximate surface area is 210 Å². The molecule has 1 fully saturated rings. The molecule has 11 nitrogen and oxygen atoms in total. The second-order valence-corrected chi connectivity index (χ2v) is 11.8. The summed E-state index contributed by atoms with van der Waals surface area (Å²) in [7, 11) is -1.84. The molecular weight excluding hydrogens is 513 g/mol. The Kier molecular flexibility index (Phi) is 7.15. The third-order valence-corrected chi connectivity index (χ3v) is 7.80. The van der Waals surface area contributed by atoms with Gasteiger partial charge in [-0.1, -0.05) is 6.07 Å². The van der Waals surface area contributed by atoms with Crippen molar-refractivity contribution in [1.82, 2.24) is 14.9 Å². The molecule has 1 aromatic heterocycles. The van der Waals surface area contributed by atoms with Crippen LogP contribution in [-0.2, 0) is 15.8 Å². The van der Waals surface area contributed by atoms with E-state index >= 15 is 0 Å². The van der Waals surface area contributed by atoms with Gasteiger partial charge in [0.15, 0.2) is 24.5 Å². The van der Waals surface area contributed by atoms with Crippen molar-refractivity contribution < 1.29 is 37.7 Å². The molecule has 2 atom stereocenters. The first-order chi connectivity index (χ1) is 17.4. The zero-order valence-corrected chi connectivity index (χ0v) is 21.1. The lowest BCUT2D eigenvalue weighted by molar-refractivity contribution is 0.0301. The van der Waals surface area contributed by atoms with E-state index < -0.39 is 53.2 Å². The lowest BCUT2D eigenvalue weighted by Gasteiger charge is -2.52. The van der Waals surface area contributed by atoms with Crippen molar-refractivity contribution in [3.8, 4) is 5.75 Å². The highest BCUT2D eigenvalue weighted by atomic mass is 31.2. The van der Waals surface area contributed by atoms with E-state index in [0.717, 1.165) is 18.3 Å². The van der Waals surface area contributed by atoms with Gasteiger partial charge in [-0.3, -0.25) is 28.6 Å². The second-order valence-electron chi connectivity index (χ2n) is 9.23. The molecule has 0 aliphatic carbocycles. The van der Waals surface area contributed by atoms with E-state index in [1.165, 1.54) is 23.3 Å². The van der Waals surface area contributed by atoms with Gasteiger partial charge in [0.25, 0.3) is 11.8 Å². The number of rotatable bonds is 7. The largest absolute Gasteiger partial charge is 0.502 e. The smallest absolute Gasteiger partial charge is 0.278 e. The van der Waals surface area contributed by atoms with Crippen LogP contribution in [0, 0.1) is 11.6 Å². The predicted octanol–water partition coefficient (Wildman–Crippen LogP) is 1.19. The average Bonchev–Trinajstić information content (AvgIpc) is 3.31. The van der Waals surface area contributed by atoms with Crippen LogP contribution in [0.5, 0.6) is 5.75 Å². The molecule has 1 saturated heterocycles. The topological polar surface area (TPSA) is 141 Å². The summed E-state index contributed by atoms with van der Waals surface area (Å²) >= 11 is 0. The molecule has 1 spiro atoms. The number of likely N-dealkylation sites (N-methyl/N-ethyl adjacent to an activating group) is 1. The molecule has 3 heterocycles. The molecule has 2 aliphatic heterocycles. The number of nitrogens with one attached hydrogen (secondary N) is 1. The van der Waals surface area contributed by atoms with Crippen molar-refractivity contribution in [1.29, 1.82) is 0 Å². The molecule has 2 amide bonds. The van der Waals surface area contributed by atoms with E-state index in [1.807, 2.05) is 0 Å². The molecular formula is C23H27F2N4O7P. The first-order valence-corrected chi connectivity index (χ1v) is 13.8. The molecule has 2 aromatic rings. The van der Waals surface area contributed by atoms with Gasteiger partial charge in [0, 0.05) is 57.2 Å². The number of pyridine rings is 1. The average molecular weight is 540 g/mol. The summed E-state index contributed by atoms with van der Waals surface area (Å²) in [5, 5.41) is 14.7. The third kappa shape index (κ3) is 4.98. The number of amides is 2. The number of nitrogens with zero attached hydrogens (tertiary/aromatic N) is 3. The van der Waals surface area contributed by atoms with Crippen LogP contribution in [0.15, 0.2) is 29.2 Å². The molecule has 0 radical (unpaired) electrons. The molecule has 4 rings (SSSR count). The number of ether oxygens (including phenoxy) is 1. The minimum absolute atomic E-state index is 0.0177. The Balaban J connectivity index is 1.73. The minimum atomic E-state index is -3.34. The standard InChI is InChI=1S/C23H27F2N4O7P/c1-27-22(33)18-20(31)19(30)16(21(32)26-11-14-4-5-15(24)10-17(14)25)12-28(18)29(7-3-9-37(2,34)35)23(27)6-8-36-13-23/h4-5,10,12,31H,3,6-9,11,13H2,1-2H3,(H,26,32)(H,34,35). The van der Waals surface area contributed by atoms with Crippen LogP contribution in [0.25, 0.3) is 0 Å². The lowest BCUT2D eigenvalue weighted by Crippen LogP contribution is -2.70. The van der Waals surface area contributed by atoms with E-state index in [9.17, 15) is 37.7 Å². The van der Waals surface area contributed by atoms with Crippen molar-refractivity contribution >= 4 is 19.2 Å². The molecule has 1 aromatic carbocycles. The van der Waals surface area contributed by atoms with Crippen LogP contribution in [-0.4, -0.2) is 76.7 Å². The van der Waals surface area contributed by atoms with E-state index in [2.05, 4.69) is 5.32 Å². The summed E-state index contributed by atoms with van der Waals surface area (Å²) in [5.74, 6) is -4.23. The molecule has 200 valence electrons. The number of benzene rings is 1. The molecule has 0 saturated carbocycles. The first kappa shape index (κ1) is 26.8. The minimum Gasteiger partial charge on any atom is -0.502 e. The summed E-state index contributed by atoms with van der Waals surface area (Å²) < 4.78 is 45.8. The number of fused-ring (bicyclic) bond motifs is 1. The number of carbonyl (C=O) groups excluding carboxylic acids is 2. The van der Waals surface area contributed by atoms with E-state index in [1.54, 1.807) is 5.01 Å². The van der Waals surface area contributed by atoms with Gasteiger partial charge in [-0.05, 0) is 12.5 Å². The van der Waals surface area contributed by atoms with Gasteiger partial charge in [0.1, 0.15) is 17.2 Å². The zero-order chi connectivity index (χ0) is 27.1. The summed E-state index contributed by atoms with van der Waals surface area (Å²) in [6.07, 6.45) is 1.70. The van der Waals surface area contributed by atoms with Gasteiger partial charge in [-0.15, -0.1) is 0 Å². The van der Waals surface area contributed by atoms with Crippen molar-refractivity contribution in [2.24, 2.45) is 0 Å². The fourth-order valence-electron chi connectivity index (χ4n) is 4.64. The molecule has 0 bridgehead atoms. The monoisotopic (exact) mass is 540 g/mol. The van der Waals surface area contributed by atoms with Crippen molar-refractivity contribution in [2.75, 3.05) is 44.6 Å². The highest BCUT2D eigenvalue weighted by molar-refractivity contribution is 7.57. The van der Waals surface area contributed by atoms with Gasteiger partial charge in [0.05, 0.1) is 13.2 Å². The first-order valence-electron chi connectivity index (χ1n) is 11.5. The van der Waals surface area contributed by atoms with E-state index in [0.29, 0.717) is 19.1 Å². The maximum Gasteiger partial charge on any atom is 0.278 e. The Hall–Kier alpha value is -3.28. The quantitative estimate of drug-likeness (QED) is 0.445. The number of hydrogen-bond donors (Lipinski definition) is 3. The van der Waals surface area contributed by atoms with Crippen LogP contribution < -0.4 is 15.8 Å². The summed E-state index contributed by atoms with van der Waals surface area (Å²) in [5.41, 5.74) is -3.02. The van der Waals surface area contributed by atoms with Crippen molar-refractivity contribution in [2.45, 2.75) is 25.0 Å². The number of carbonyl (C=O) groups is 2.